The third-order valence-electron chi connectivity index (χ3n) is 2.93. The molecule has 1 aromatic heterocycles. The average Bonchev–Trinajstić information content (AvgIpc) is 2.47. The number of carbonyl (C=O) groups excluding carboxylic acids is 1. The predicted molar refractivity (Wildman–Crippen MR) is 68.9 cm³/mol. The second kappa shape index (κ2) is 4.78. The second-order valence-electron chi connectivity index (χ2n) is 4.62. The summed E-state index contributed by atoms with van der Waals surface area (Å²) in [6.07, 6.45) is 1.06. The molecule has 1 aliphatic rings. The molecule has 6 heteroatoms. The standard InChI is InChI=1S/C11H17BrN4O/c1-14(2)11(17)10-9(12)8-7-15(3)5-4-6-16(8)13-10/h4-7H2,1-3H3. The van der Waals surface area contributed by atoms with E-state index in [9.17, 15) is 4.79 Å². The maximum Gasteiger partial charge on any atom is 0.275 e. The summed E-state index contributed by atoms with van der Waals surface area (Å²) >= 11 is 3.51. The fraction of sp³-hybridized carbons (Fsp3) is 0.636. The van der Waals surface area contributed by atoms with Gasteiger partial charge in [0.05, 0.1) is 10.2 Å². The summed E-state index contributed by atoms with van der Waals surface area (Å²) in [4.78, 5) is 15.8. The Balaban J connectivity index is 2.39. The zero-order valence-electron chi connectivity index (χ0n) is 10.4. The van der Waals surface area contributed by atoms with Crippen LogP contribution in [0.15, 0.2) is 4.47 Å². The van der Waals surface area contributed by atoms with E-state index in [1.807, 2.05) is 4.68 Å². The van der Waals surface area contributed by atoms with Crippen LogP contribution in [0.4, 0.5) is 0 Å². The van der Waals surface area contributed by atoms with Crippen LogP contribution in [0.1, 0.15) is 22.6 Å². The van der Waals surface area contributed by atoms with Gasteiger partial charge in [0, 0.05) is 33.7 Å². The van der Waals surface area contributed by atoms with Crippen molar-refractivity contribution >= 4 is 21.8 Å². The number of hydrogen-bond donors (Lipinski definition) is 0. The first-order valence-electron chi connectivity index (χ1n) is 5.66. The van der Waals surface area contributed by atoms with Crippen molar-refractivity contribution in [2.45, 2.75) is 19.5 Å². The van der Waals surface area contributed by atoms with Gasteiger partial charge >= 0.3 is 0 Å². The molecule has 2 rings (SSSR count). The Morgan fingerprint density at radius 2 is 2.12 bits per heavy atom. The highest BCUT2D eigenvalue weighted by Crippen LogP contribution is 2.25. The molecule has 0 aromatic carbocycles. The highest BCUT2D eigenvalue weighted by molar-refractivity contribution is 9.10. The SMILES string of the molecule is CN1CCCn2nc(C(=O)N(C)C)c(Br)c2C1. The molecular weight excluding hydrogens is 284 g/mol. The first kappa shape index (κ1) is 12.6. The molecular formula is C11H17BrN4O. The van der Waals surface area contributed by atoms with Crippen molar-refractivity contribution in [1.82, 2.24) is 19.6 Å². The van der Waals surface area contributed by atoms with Gasteiger partial charge in [-0.25, -0.2) is 0 Å². The summed E-state index contributed by atoms with van der Waals surface area (Å²) in [7, 11) is 5.57. The van der Waals surface area contributed by atoms with E-state index in [1.165, 1.54) is 0 Å². The van der Waals surface area contributed by atoms with Crippen LogP contribution >= 0.6 is 15.9 Å². The lowest BCUT2D eigenvalue weighted by Gasteiger charge is -2.12. The van der Waals surface area contributed by atoms with Crippen LogP contribution in [0.25, 0.3) is 0 Å². The van der Waals surface area contributed by atoms with Gasteiger partial charge in [0.1, 0.15) is 0 Å². The fourth-order valence-electron chi connectivity index (χ4n) is 1.98. The quantitative estimate of drug-likeness (QED) is 0.782. The zero-order valence-corrected chi connectivity index (χ0v) is 12.0. The van der Waals surface area contributed by atoms with Gasteiger partial charge in [0.15, 0.2) is 5.69 Å². The number of carbonyl (C=O) groups is 1. The molecule has 0 saturated heterocycles. The van der Waals surface area contributed by atoms with E-state index in [-0.39, 0.29) is 5.91 Å². The number of aromatic nitrogens is 2. The Kier molecular flexibility index (Phi) is 3.53. The van der Waals surface area contributed by atoms with Crippen molar-refractivity contribution in [1.29, 1.82) is 0 Å². The molecule has 17 heavy (non-hydrogen) atoms. The predicted octanol–water partition coefficient (Wildman–Crippen LogP) is 1.18. The maximum atomic E-state index is 12.0. The molecule has 0 bridgehead atoms. The van der Waals surface area contributed by atoms with E-state index in [4.69, 9.17) is 0 Å². The van der Waals surface area contributed by atoms with E-state index in [2.05, 4.69) is 33.0 Å². The first-order valence-corrected chi connectivity index (χ1v) is 6.45. The lowest BCUT2D eigenvalue weighted by molar-refractivity contribution is 0.0820. The van der Waals surface area contributed by atoms with Gasteiger partial charge in [-0.05, 0) is 29.4 Å². The van der Waals surface area contributed by atoms with Crippen LogP contribution in [0.5, 0.6) is 0 Å². The maximum absolute atomic E-state index is 12.0. The van der Waals surface area contributed by atoms with Gasteiger partial charge in [-0.2, -0.15) is 5.10 Å². The molecule has 0 atom stereocenters. The van der Waals surface area contributed by atoms with Crippen molar-refractivity contribution in [3.63, 3.8) is 0 Å². The molecule has 1 aromatic rings. The summed E-state index contributed by atoms with van der Waals surface area (Å²) in [5.74, 6) is -0.0555. The number of aryl methyl sites for hydroxylation is 1. The van der Waals surface area contributed by atoms with E-state index in [1.54, 1.807) is 19.0 Å². The van der Waals surface area contributed by atoms with Crippen LogP contribution in [0, 0.1) is 0 Å². The van der Waals surface area contributed by atoms with E-state index in [0.29, 0.717) is 5.69 Å². The van der Waals surface area contributed by atoms with Gasteiger partial charge in [-0.3, -0.25) is 9.48 Å². The first-order chi connectivity index (χ1) is 8.00. The molecule has 94 valence electrons. The highest BCUT2D eigenvalue weighted by atomic mass is 79.9. The van der Waals surface area contributed by atoms with E-state index >= 15 is 0 Å². The monoisotopic (exact) mass is 300 g/mol. The van der Waals surface area contributed by atoms with Crippen LogP contribution < -0.4 is 0 Å². The topological polar surface area (TPSA) is 41.4 Å². The lowest BCUT2D eigenvalue weighted by atomic mass is 10.3. The molecule has 0 aliphatic carbocycles. The fourth-order valence-corrected chi connectivity index (χ4v) is 2.56. The Hall–Kier alpha value is -0.880. The number of hydrogen-bond acceptors (Lipinski definition) is 3. The molecule has 0 unspecified atom stereocenters. The lowest BCUT2D eigenvalue weighted by Crippen LogP contribution is -2.23. The molecule has 2 heterocycles. The van der Waals surface area contributed by atoms with Crippen LogP contribution in [0.3, 0.4) is 0 Å². The van der Waals surface area contributed by atoms with Gasteiger partial charge < -0.3 is 9.80 Å². The second-order valence-corrected chi connectivity index (χ2v) is 5.42. The highest BCUT2D eigenvalue weighted by Gasteiger charge is 2.24. The molecule has 1 amide bonds. The number of fused-ring (bicyclic) bond motifs is 1. The van der Waals surface area contributed by atoms with Crippen molar-refractivity contribution in [2.24, 2.45) is 0 Å². The third-order valence-corrected chi connectivity index (χ3v) is 3.77. The minimum Gasteiger partial charge on any atom is -0.343 e. The summed E-state index contributed by atoms with van der Waals surface area (Å²) in [6, 6.07) is 0. The molecule has 0 radical (unpaired) electrons. The van der Waals surface area contributed by atoms with Crippen LogP contribution in [0.2, 0.25) is 0 Å². The number of nitrogens with zero attached hydrogens (tertiary/aromatic N) is 4. The Morgan fingerprint density at radius 1 is 1.41 bits per heavy atom. The van der Waals surface area contributed by atoms with E-state index < -0.39 is 0 Å². The molecule has 1 aliphatic heterocycles. The number of rotatable bonds is 1. The van der Waals surface area contributed by atoms with Gasteiger partial charge in [0.25, 0.3) is 5.91 Å². The third kappa shape index (κ3) is 2.37. The number of amides is 1. The Morgan fingerprint density at radius 3 is 2.76 bits per heavy atom. The van der Waals surface area contributed by atoms with E-state index in [0.717, 1.165) is 36.2 Å². The number of halogens is 1. The van der Waals surface area contributed by atoms with Crippen LogP contribution in [-0.2, 0) is 13.1 Å². The van der Waals surface area contributed by atoms with Crippen LogP contribution in [-0.4, -0.2) is 53.2 Å². The summed E-state index contributed by atoms with van der Waals surface area (Å²) < 4.78 is 2.79. The smallest absolute Gasteiger partial charge is 0.275 e. The van der Waals surface area contributed by atoms with Gasteiger partial charge in [0.2, 0.25) is 0 Å². The Labute approximate surface area is 110 Å². The van der Waals surface area contributed by atoms with Gasteiger partial charge in [-0.15, -0.1) is 0 Å². The zero-order chi connectivity index (χ0) is 12.6. The molecule has 0 saturated carbocycles. The van der Waals surface area contributed by atoms with Crippen molar-refractivity contribution in [3.05, 3.63) is 15.9 Å². The minimum absolute atomic E-state index is 0.0555. The molecule has 0 fully saturated rings. The average molecular weight is 301 g/mol. The normalized spacial score (nSPS) is 16.5. The summed E-state index contributed by atoms with van der Waals surface area (Å²) in [5.41, 5.74) is 1.61. The summed E-state index contributed by atoms with van der Waals surface area (Å²) in [6.45, 7) is 2.76. The molecule has 0 spiro atoms. The van der Waals surface area contributed by atoms with Crippen molar-refractivity contribution in [2.75, 3.05) is 27.7 Å². The minimum atomic E-state index is -0.0555. The molecule has 0 N–H and O–H groups in total. The van der Waals surface area contributed by atoms with Crippen molar-refractivity contribution < 1.29 is 4.79 Å². The van der Waals surface area contributed by atoms with Gasteiger partial charge in [-0.1, -0.05) is 0 Å². The molecule has 5 nitrogen and oxygen atoms in total. The Bertz CT molecular complexity index is 441. The largest absolute Gasteiger partial charge is 0.343 e. The summed E-state index contributed by atoms with van der Waals surface area (Å²) in [5, 5.41) is 4.42. The van der Waals surface area contributed by atoms with Crippen molar-refractivity contribution in [3.8, 4) is 0 Å².